The number of aromatic nitrogens is 6. The van der Waals surface area contributed by atoms with Crippen LogP contribution < -0.4 is 5.32 Å². The first-order valence-electron chi connectivity index (χ1n) is 8.71. The molecular formula is C17H20F3N7O. The molecule has 0 saturated heterocycles. The molecule has 0 radical (unpaired) electrons. The van der Waals surface area contributed by atoms with Crippen molar-refractivity contribution in [1.29, 1.82) is 0 Å². The van der Waals surface area contributed by atoms with Crippen molar-refractivity contribution in [1.82, 2.24) is 29.4 Å². The summed E-state index contributed by atoms with van der Waals surface area (Å²) in [5.41, 5.74) is 1.66. The number of amides is 1. The molecule has 1 amide bonds. The van der Waals surface area contributed by atoms with Gasteiger partial charge >= 0.3 is 6.18 Å². The van der Waals surface area contributed by atoms with Gasteiger partial charge in [-0.25, -0.2) is 14.2 Å². The van der Waals surface area contributed by atoms with Crippen LogP contribution in [0.15, 0.2) is 12.3 Å². The van der Waals surface area contributed by atoms with Crippen molar-refractivity contribution in [2.75, 3.05) is 5.32 Å². The number of aryl methyl sites for hydroxylation is 2. The average molecular weight is 395 g/mol. The third-order valence-electron chi connectivity index (χ3n) is 4.33. The van der Waals surface area contributed by atoms with E-state index in [0.717, 1.165) is 4.52 Å². The van der Waals surface area contributed by atoms with E-state index in [4.69, 9.17) is 0 Å². The second kappa shape index (κ2) is 7.21. The minimum absolute atomic E-state index is 0.0940. The summed E-state index contributed by atoms with van der Waals surface area (Å²) in [6.07, 6.45) is -2.60. The lowest BCUT2D eigenvalue weighted by Gasteiger charge is -2.13. The van der Waals surface area contributed by atoms with Crippen LogP contribution in [0.3, 0.4) is 0 Å². The van der Waals surface area contributed by atoms with Crippen molar-refractivity contribution in [3.05, 3.63) is 35.0 Å². The first-order chi connectivity index (χ1) is 13.1. The van der Waals surface area contributed by atoms with Gasteiger partial charge in [0, 0.05) is 29.9 Å². The highest BCUT2D eigenvalue weighted by Crippen LogP contribution is 2.27. The molecule has 3 rings (SSSR count). The molecule has 0 bridgehead atoms. The molecule has 150 valence electrons. The van der Waals surface area contributed by atoms with E-state index < -0.39 is 12.0 Å². The van der Waals surface area contributed by atoms with E-state index in [1.165, 1.54) is 0 Å². The van der Waals surface area contributed by atoms with Gasteiger partial charge in [0.15, 0.2) is 0 Å². The lowest BCUT2D eigenvalue weighted by atomic mass is 10.1. The number of alkyl halides is 3. The van der Waals surface area contributed by atoms with Gasteiger partial charge in [-0.05, 0) is 39.7 Å². The largest absolute Gasteiger partial charge is 0.453 e. The van der Waals surface area contributed by atoms with Crippen molar-refractivity contribution in [2.24, 2.45) is 0 Å². The maximum atomic E-state index is 12.9. The van der Waals surface area contributed by atoms with Gasteiger partial charge in [0.25, 0.3) is 11.6 Å². The Morgan fingerprint density at radius 2 is 1.96 bits per heavy atom. The second-order valence-electron chi connectivity index (χ2n) is 6.71. The van der Waals surface area contributed by atoms with E-state index in [9.17, 15) is 18.0 Å². The monoisotopic (exact) mass is 395 g/mol. The number of carbonyl (C=O) groups excluding carboxylic acids is 1. The highest BCUT2D eigenvalue weighted by molar-refractivity contribution is 5.90. The van der Waals surface area contributed by atoms with Crippen molar-refractivity contribution in [2.45, 2.75) is 52.8 Å². The molecule has 0 aliphatic heterocycles. The molecule has 0 unspecified atom stereocenters. The molecule has 0 aromatic carbocycles. The Hall–Kier alpha value is -2.98. The van der Waals surface area contributed by atoms with E-state index in [2.05, 4.69) is 25.5 Å². The van der Waals surface area contributed by atoms with E-state index in [-0.39, 0.29) is 24.1 Å². The number of nitrogens with one attached hydrogen (secondary N) is 1. The quantitative estimate of drug-likeness (QED) is 0.717. The molecule has 3 aromatic rings. The fraction of sp³-hybridized carbons (Fsp3) is 0.471. The average Bonchev–Trinajstić information content (AvgIpc) is 3.21. The maximum absolute atomic E-state index is 12.9. The summed E-state index contributed by atoms with van der Waals surface area (Å²) < 4.78 is 41.3. The van der Waals surface area contributed by atoms with Gasteiger partial charge < -0.3 is 5.32 Å². The summed E-state index contributed by atoms with van der Waals surface area (Å²) >= 11 is 0. The molecule has 8 nitrogen and oxygen atoms in total. The summed E-state index contributed by atoms with van der Waals surface area (Å²) in [4.78, 5) is 19.9. The van der Waals surface area contributed by atoms with Crippen LogP contribution in [-0.4, -0.2) is 35.3 Å². The zero-order chi connectivity index (χ0) is 20.6. The van der Waals surface area contributed by atoms with Crippen LogP contribution in [0.25, 0.3) is 5.78 Å². The fourth-order valence-corrected chi connectivity index (χ4v) is 2.96. The molecule has 28 heavy (non-hydrogen) atoms. The van der Waals surface area contributed by atoms with E-state index in [1.54, 1.807) is 30.8 Å². The Labute approximate surface area is 158 Å². The Balaban J connectivity index is 1.78. The Morgan fingerprint density at radius 1 is 1.25 bits per heavy atom. The summed E-state index contributed by atoms with van der Waals surface area (Å²) in [5, 5.41) is 10.5. The molecule has 0 aliphatic carbocycles. The van der Waals surface area contributed by atoms with E-state index >= 15 is 0 Å². The molecule has 11 heteroatoms. The minimum Gasteiger partial charge on any atom is -0.311 e. The molecule has 1 N–H and O–H groups in total. The molecule has 0 aliphatic rings. The van der Waals surface area contributed by atoms with Gasteiger partial charge in [-0.1, -0.05) is 0 Å². The highest BCUT2D eigenvalue weighted by atomic mass is 19.4. The third kappa shape index (κ3) is 3.82. The van der Waals surface area contributed by atoms with Gasteiger partial charge in [-0.3, -0.25) is 4.79 Å². The Morgan fingerprint density at radius 3 is 2.61 bits per heavy atom. The van der Waals surface area contributed by atoms with Crippen molar-refractivity contribution in [3.63, 3.8) is 0 Å². The van der Waals surface area contributed by atoms with Crippen molar-refractivity contribution < 1.29 is 18.0 Å². The van der Waals surface area contributed by atoms with Crippen LogP contribution in [0.4, 0.5) is 19.0 Å². The van der Waals surface area contributed by atoms with E-state index in [1.807, 2.05) is 13.8 Å². The van der Waals surface area contributed by atoms with Crippen LogP contribution in [-0.2, 0) is 17.4 Å². The zero-order valence-corrected chi connectivity index (χ0v) is 15.9. The molecular weight excluding hydrogens is 375 g/mol. The molecule has 3 aromatic heterocycles. The summed E-state index contributed by atoms with van der Waals surface area (Å²) in [6.45, 7) is 7.21. The van der Waals surface area contributed by atoms with Gasteiger partial charge in [0.2, 0.25) is 5.91 Å². The summed E-state index contributed by atoms with van der Waals surface area (Å²) in [7, 11) is 0. The second-order valence-corrected chi connectivity index (χ2v) is 6.71. The van der Waals surface area contributed by atoms with Gasteiger partial charge in [0.1, 0.15) is 5.82 Å². The smallest absolute Gasteiger partial charge is 0.311 e. The highest BCUT2D eigenvalue weighted by Gasteiger charge is 2.36. The van der Waals surface area contributed by atoms with E-state index in [0.29, 0.717) is 29.2 Å². The van der Waals surface area contributed by atoms with Gasteiger partial charge in [-0.2, -0.15) is 23.3 Å². The lowest BCUT2D eigenvalue weighted by Crippen LogP contribution is -2.18. The number of halogens is 3. The predicted octanol–water partition coefficient (Wildman–Crippen LogP) is 3.11. The van der Waals surface area contributed by atoms with Crippen molar-refractivity contribution >= 4 is 17.5 Å². The molecule has 0 spiro atoms. The molecule has 0 fully saturated rings. The van der Waals surface area contributed by atoms with Crippen LogP contribution in [0.2, 0.25) is 0 Å². The lowest BCUT2D eigenvalue weighted by molar-refractivity contribution is -0.144. The van der Waals surface area contributed by atoms with Crippen LogP contribution in [0.1, 0.15) is 49.1 Å². The number of hydrogen-bond donors (Lipinski definition) is 1. The number of anilines is 1. The Kier molecular flexibility index (Phi) is 5.09. The standard InChI is InChI=1S/C17H20F3N7O/c1-9(2)26-13(7-8-21-26)23-14(28)6-5-12-10(3)22-16-24-15(17(18,19)20)25-27(16)11(12)4/h7-9H,5-6H2,1-4H3,(H,23,28). The first kappa shape index (κ1) is 19.8. The number of nitrogens with zero attached hydrogens (tertiary/aromatic N) is 6. The number of carbonyl (C=O) groups is 1. The summed E-state index contributed by atoms with van der Waals surface area (Å²) in [6, 6.07) is 1.80. The molecule has 3 heterocycles. The topological polar surface area (TPSA) is 90.0 Å². The fourth-order valence-electron chi connectivity index (χ4n) is 2.96. The molecule has 0 atom stereocenters. The number of fused-ring (bicyclic) bond motifs is 1. The van der Waals surface area contributed by atoms with Gasteiger partial charge in [0.05, 0.1) is 6.20 Å². The molecule has 0 saturated carbocycles. The van der Waals surface area contributed by atoms with Crippen molar-refractivity contribution in [3.8, 4) is 0 Å². The Bertz CT molecular complexity index is 1020. The minimum atomic E-state index is -4.65. The van der Waals surface area contributed by atoms with Crippen LogP contribution in [0.5, 0.6) is 0 Å². The number of rotatable bonds is 5. The first-order valence-corrected chi connectivity index (χ1v) is 8.71. The zero-order valence-electron chi connectivity index (χ0n) is 15.9. The predicted molar refractivity (Wildman–Crippen MR) is 94.8 cm³/mol. The normalized spacial score (nSPS) is 12.1. The van der Waals surface area contributed by atoms with Gasteiger partial charge in [-0.15, -0.1) is 5.10 Å². The van der Waals surface area contributed by atoms with Crippen LogP contribution >= 0.6 is 0 Å². The maximum Gasteiger partial charge on any atom is 0.453 e. The third-order valence-corrected chi connectivity index (χ3v) is 4.33. The summed E-state index contributed by atoms with van der Waals surface area (Å²) in [5.74, 6) is -0.986. The van der Waals surface area contributed by atoms with Crippen LogP contribution in [0, 0.1) is 13.8 Å². The number of hydrogen-bond acceptors (Lipinski definition) is 5. The SMILES string of the molecule is Cc1nc2nc(C(F)(F)F)nn2c(C)c1CCC(=O)Nc1ccnn1C(C)C.